The van der Waals surface area contributed by atoms with E-state index in [2.05, 4.69) is 24.9 Å². The van der Waals surface area contributed by atoms with Crippen molar-refractivity contribution in [2.75, 3.05) is 13.6 Å². The van der Waals surface area contributed by atoms with Gasteiger partial charge >= 0.3 is 0 Å². The molecule has 1 aliphatic carbocycles. The second-order valence-electron chi connectivity index (χ2n) is 6.29. The summed E-state index contributed by atoms with van der Waals surface area (Å²) in [6, 6.07) is 8.11. The van der Waals surface area contributed by atoms with Crippen LogP contribution in [0.2, 0.25) is 0 Å². The summed E-state index contributed by atoms with van der Waals surface area (Å²) in [7, 11) is 2.22. The molecule has 20 heavy (non-hydrogen) atoms. The number of nitrogens with zero attached hydrogens (tertiary/aromatic N) is 1. The fourth-order valence-electron chi connectivity index (χ4n) is 4.01. The van der Waals surface area contributed by atoms with Crippen molar-refractivity contribution in [1.29, 1.82) is 0 Å². The molecule has 1 heterocycles. The number of hydrogen-bond acceptors (Lipinski definition) is 3. The molecule has 0 bridgehead atoms. The highest BCUT2D eigenvalue weighted by molar-refractivity contribution is 5.34. The second-order valence-corrected chi connectivity index (χ2v) is 6.29. The van der Waals surface area contributed by atoms with E-state index >= 15 is 0 Å². The number of phenols is 1. The molecular formula is C17H25NO2. The number of hydrogen-bond donors (Lipinski definition) is 1. The molecule has 3 rings (SSSR count). The molecule has 0 spiro atoms. The average Bonchev–Trinajstić information content (AvgIpc) is 2.47. The number of benzene rings is 1. The molecule has 0 amide bonds. The summed E-state index contributed by atoms with van der Waals surface area (Å²) >= 11 is 0. The fraction of sp³-hybridized carbons (Fsp3) is 0.647. The summed E-state index contributed by atoms with van der Waals surface area (Å²) in [5, 5.41) is 9.85. The van der Waals surface area contributed by atoms with Crippen LogP contribution in [0.1, 0.15) is 44.6 Å². The van der Waals surface area contributed by atoms with E-state index in [-0.39, 0.29) is 11.7 Å². The van der Waals surface area contributed by atoms with Crippen molar-refractivity contribution in [3.05, 3.63) is 29.8 Å². The third-order valence-corrected chi connectivity index (χ3v) is 5.00. The van der Waals surface area contributed by atoms with Gasteiger partial charge in [0.15, 0.2) is 0 Å². The minimum Gasteiger partial charge on any atom is -0.508 e. The van der Waals surface area contributed by atoms with Gasteiger partial charge in [-0.05, 0) is 44.0 Å². The highest BCUT2D eigenvalue weighted by Gasteiger charge is 2.49. The van der Waals surface area contributed by atoms with Crippen LogP contribution in [-0.4, -0.2) is 35.7 Å². The second kappa shape index (κ2) is 5.38. The van der Waals surface area contributed by atoms with E-state index in [4.69, 9.17) is 4.74 Å². The Morgan fingerprint density at radius 2 is 2.25 bits per heavy atom. The van der Waals surface area contributed by atoms with Crippen molar-refractivity contribution in [3.8, 4) is 5.75 Å². The predicted molar refractivity (Wildman–Crippen MR) is 79.8 cm³/mol. The number of likely N-dealkylation sites (N-methyl/N-ethyl adjacent to an activating group) is 1. The summed E-state index contributed by atoms with van der Waals surface area (Å²) in [5.74, 6) is 0.339. The molecule has 3 nitrogen and oxygen atoms in total. The highest BCUT2D eigenvalue weighted by Crippen LogP contribution is 2.47. The van der Waals surface area contributed by atoms with Crippen LogP contribution >= 0.6 is 0 Å². The van der Waals surface area contributed by atoms with Gasteiger partial charge in [-0.25, -0.2) is 0 Å². The average molecular weight is 275 g/mol. The Morgan fingerprint density at radius 3 is 3.00 bits per heavy atom. The minimum atomic E-state index is -0.231. The zero-order chi connectivity index (χ0) is 14.2. The first-order valence-electron chi connectivity index (χ1n) is 7.83. The first kappa shape index (κ1) is 13.9. The molecule has 0 aromatic heterocycles. The number of fused-ring (bicyclic) bond motifs is 1. The molecule has 1 aromatic rings. The number of morpholine rings is 1. The van der Waals surface area contributed by atoms with Crippen LogP contribution in [0.15, 0.2) is 24.3 Å². The number of ether oxygens (including phenoxy) is 1. The molecule has 3 atom stereocenters. The summed E-state index contributed by atoms with van der Waals surface area (Å²) in [6.07, 6.45) is 6.05. The maximum Gasteiger partial charge on any atom is 0.115 e. The topological polar surface area (TPSA) is 32.7 Å². The molecule has 2 unspecified atom stereocenters. The highest BCUT2D eigenvalue weighted by atomic mass is 16.5. The molecule has 1 saturated heterocycles. The molecule has 2 fully saturated rings. The van der Waals surface area contributed by atoms with Gasteiger partial charge in [0.2, 0.25) is 0 Å². The summed E-state index contributed by atoms with van der Waals surface area (Å²) in [6.45, 7) is 3.21. The molecule has 110 valence electrons. The van der Waals surface area contributed by atoms with Crippen LogP contribution < -0.4 is 0 Å². The van der Waals surface area contributed by atoms with Crippen molar-refractivity contribution in [3.63, 3.8) is 0 Å². The Balaban J connectivity index is 2.03. The Labute approximate surface area is 121 Å². The lowest BCUT2D eigenvalue weighted by molar-refractivity contribution is -0.204. The van der Waals surface area contributed by atoms with E-state index in [9.17, 15) is 5.11 Å². The molecule has 1 aliphatic heterocycles. The minimum absolute atomic E-state index is 0.231. The van der Waals surface area contributed by atoms with Gasteiger partial charge in [0.1, 0.15) is 11.4 Å². The monoisotopic (exact) mass is 275 g/mol. The zero-order valence-corrected chi connectivity index (χ0v) is 12.5. The van der Waals surface area contributed by atoms with Crippen LogP contribution in [0.25, 0.3) is 0 Å². The van der Waals surface area contributed by atoms with Gasteiger partial charge in [-0.15, -0.1) is 0 Å². The van der Waals surface area contributed by atoms with Crippen molar-refractivity contribution in [2.24, 2.45) is 0 Å². The Hall–Kier alpha value is -1.06. The lowest BCUT2D eigenvalue weighted by atomic mass is 9.73. The van der Waals surface area contributed by atoms with E-state index in [1.165, 1.54) is 19.3 Å². The van der Waals surface area contributed by atoms with Gasteiger partial charge in [0.25, 0.3) is 0 Å². The van der Waals surface area contributed by atoms with E-state index in [1.54, 1.807) is 6.07 Å². The van der Waals surface area contributed by atoms with Gasteiger partial charge in [-0.3, -0.25) is 4.90 Å². The molecule has 0 radical (unpaired) electrons. The smallest absolute Gasteiger partial charge is 0.115 e. The lowest BCUT2D eigenvalue weighted by Crippen LogP contribution is -2.60. The third kappa shape index (κ3) is 2.23. The standard InChI is InChI=1S/C17H25NO2/c1-3-15-12-18(2)16-9-4-5-10-17(16,20-15)13-7-6-8-14(19)11-13/h6-8,11,15-16,19H,3-5,9-10,12H2,1-2H3/t15?,16?,17-/m1/s1. The molecule has 1 aromatic carbocycles. The zero-order valence-electron chi connectivity index (χ0n) is 12.5. The van der Waals surface area contributed by atoms with Crippen LogP contribution in [0.4, 0.5) is 0 Å². The van der Waals surface area contributed by atoms with Crippen LogP contribution in [0.5, 0.6) is 5.75 Å². The molecule has 1 N–H and O–H groups in total. The van der Waals surface area contributed by atoms with Gasteiger partial charge in [-0.2, -0.15) is 0 Å². The van der Waals surface area contributed by atoms with Crippen LogP contribution in [-0.2, 0) is 10.3 Å². The number of aromatic hydroxyl groups is 1. The van der Waals surface area contributed by atoms with Gasteiger partial charge in [0, 0.05) is 12.6 Å². The summed E-state index contributed by atoms with van der Waals surface area (Å²) in [5.41, 5.74) is 0.914. The van der Waals surface area contributed by atoms with Crippen molar-refractivity contribution < 1.29 is 9.84 Å². The maximum atomic E-state index is 9.85. The van der Waals surface area contributed by atoms with Crippen LogP contribution in [0, 0.1) is 0 Å². The third-order valence-electron chi connectivity index (χ3n) is 5.00. The predicted octanol–water partition coefficient (Wildman–Crippen LogP) is 3.27. The fourth-order valence-corrected chi connectivity index (χ4v) is 4.01. The normalized spacial score (nSPS) is 34.7. The molecular weight excluding hydrogens is 250 g/mol. The Kier molecular flexibility index (Phi) is 3.74. The number of phenolic OH excluding ortho intramolecular Hbond substituents is 1. The molecule has 3 heteroatoms. The van der Waals surface area contributed by atoms with E-state index in [0.29, 0.717) is 11.8 Å². The SMILES string of the molecule is CCC1CN(C)C2CCCC[C@]2(c2cccc(O)c2)O1. The Morgan fingerprint density at radius 1 is 1.40 bits per heavy atom. The molecule has 1 saturated carbocycles. The van der Waals surface area contributed by atoms with E-state index < -0.39 is 0 Å². The summed E-state index contributed by atoms with van der Waals surface area (Å²) in [4.78, 5) is 2.47. The first-order valence-corrected chi connectivity index (χ1v) is 7.83. The van der Waals surface area contributed by atoms with Crippen molar-refractivity contribution in [2.45, 2.75) is 56.8 Å². The van der Waals surface area contributed by atoms with Crippen molar-refractivity contribution >= 4 is 0 Å². The molecule has 2 aliphatic rings. The van der Waals surface area contributed by atoms with E-state index in [1.807, 2.05) is 12.1 Å². The van der Waals surface area contributed by atoms with E-state index in [0.717, 1.165) is 24.9 Å². The maximum absolute atomic E-state index is 9.85. The largest absolute Gasteiger partial charge is 0.508 e. The lowest BCUT2D eigenvalue weighted by Gasteiger charge is -2.54. The van der Waals surface area contributed by atoms with Crippen molar-refractivity contribution in [1.82, 2.24) is 4.90 Å². The Bertz CT molecular complexity index is 476. The van der Waals surface area contributed by atoms with Crippen LogP contribution in [0.3, 0.4) is 0 Å². The quantitative estimate of drug-likeness (QED) is 0.899. The van der Waals surface area contributed by atoms with Gasteiger partial charge < -0.3 is 9.84 Å². The number of rotatable bonds is 2. The van der Waals surface area contributed by atoms with Gasteiger partial charge in [0.05, 0.1) is 6.10 Å². The first-order chi connectivity index (χ1) is 9.65. The van der Waals surface area contributed by atoms with Gasteiger partial charge in [-0.1, -0.05) is 31.9 Å². The summed E-state index contributed by atoms with van der Waals surface area (Å²) < 4.78 is 6.59.